The van der Waals surface area contributed by atoms with Crippen LogP contribution in [0.3, 0.4) is 0 Å². The van der Waals surface area contributed by atoms with E-state index < -0.39 is 0 Å². The van der Waals surface area contributed by atoms with Gasteiger partial charge in [-0.2, -0.15) is 0 Å². The van der Waals surface area contributed by atoms with Crippen molar-refractivity contribution in [1.29, 1.82) is 0 Å². The molecule has 2 aliphatic carbocycles. The lowest BCUT2D eigenvalue weighted by molar-refractivity contribution is 0.528. The summed E-state index contributed by atoms with van der Waals surface area (Å²) >= 11 is 0. The molecule has 0 aliphatic heterocycles. The summed E-state index contributed by atoms with van der Waals surface area (Å²) in [5.41, 5.74) is 2.71. The third-order valence-electron chi connectivity index (χ3n) is 3.58. The van der Waals surface area contributed by atoms with Gasteiger partial charge in [0.15, 0.2) is 0 Å². The van der Waals surface area contributed by atoms with Crippen molar-refractivity contribution in [2.45, 2.75) is 38.3 Å². The molecule has 0 aromatic rings. The highest BCUT2D eigenvalue weighted by Gasteiger charge is 2.13. The van der Waals surface area contributed by atoms with Crippen molar-refractivity contribution in [2.24, 2.45) is 0 Å². The van der Waals surface area contributed by atoms with Crippen molar-refractivity contribution < 1.29 is 0 Å². The Balaban J connectivity index is 1.91. The van der Waals surface area contributed by atoms with Gasteiger partial charge in [-0.05, 0) is 30.4 Å². The molecule has 0 aromatic carbocycles. The molecule has 1 heteroatoms. The summed E-state index contributed by atoms with van der Waals surface area (Å²) in [4.78, 5) is 0. The van der Waals surface area contributed by atoms with Crippen LogP contribution >= 0.6 is 0 Å². The van der Waals surface area contributed by atoms with Gasteiger partial charge >= 0.3 is 0 Å². The first-order valence-electron chi connectivity index (χ1n) is 7.13. The largest absolute Gasteiger partial charge is 0.304 e. The zero-order valence-corrected chi connectivity index (χ0v) is 11.7. The number of hydrogen-bond donors (Lipinski definition) is 1. The van der Waals surface area contributed by atoms with Gasteiger partial charge in [0.1, 0.15) is 0 Å². The van der Waals surface area contributed by atoms with Crippen LogP contribution in [-0.2, 0) is 0 Å². The molecular weight excluding hydrogens is 230 g/mol. The van der Waals surface area contributed by atoms with E-state index in [1.807, 2.05) is 6.08 Å². The average Bonchev–Trinajstić information content (AvgIpc) is 2.47. The molecule has 0 saturated carbocycles. The number of allylic oxidation sites excluding steroid dienone is 7. The lowest BCUT2D eigenvalue weighted by atomic mass is 9.94. The first-order valence-corrected chi connectivity index (χ1v) is 7.13. The first-order chi connectivity index (χ1) is 9.33. The van der Waals surface area contributed by atoms with Crippen LogP contribution in [0.1, 0.15) is 26.2 Å². The summed E-state index contributed by atoms with van der Waals surface area (Å²) in [6, 6.07) is 0.927. The molecule has 1 N–H and O–H groups in total. The van der Waals surface area contributed by atoms with Crippen LogP contribution in [0, 0.1) is 0 Å². The van der Waals surface area contributed by atoms with E-state index in [1.165, 1.54) is 11.1 Å². The summed E-state index contributed by atoms with van der Waals surface area (Å²) in [5, 5.41) is 3.66. The van der Waals surface area contributed by atoms with Crippen LogP contribution in [-0.4, -0.2) is 12.1 Å². The highest BCUT2D eigenvalue weighted by Crippen LogP contribution is 2.21. The molecule has 2 rings (SSSR count). The maximum Gasteiger partial charge on any atom is 0.0293 e. The van der Waals surface area contributed by atoms with Crippen LogP contribution in [0.25, 0.3) is 0 Å². The smallest absolute Gasteiger partial charge is 0.0293 e. The Morgan fingerprint density at radius 1 is 1.32 bits per heavy atom. The highest BCUT2D eigenvalue weighted by atomic mass is 14.9. The van der Waals surface area contributed by atoms with Crippen LogP contribution in [0.5, 0.6) is 0 Å². The number of rotatable bonds is 5. The predicted octanol–water partition coefficient (Wildman–Crippen LogP) is 4.24. The van der Waals surface area contributed by atoms with Gasteiger partial charge in [0.05, 0.1) is 0 Å². The van der Waals surface area contributed by atoms with Gasteiger partial charge in [-0.15, -0.1) is 0 Å². The summed E-state index contributed by atoms with van der Waals surface area (Å²) in [7, 11) is 0. The molecule has 2 aliphatic rings. The first kappa shape index (κ1) is 13.8. The van der Waals surface area contributed by atoms with Gasteiger partial charge in [-0.25, -0.2) is 0 Å². The zero-order valence-electron chi connectivity index (χ0n) is 11.7. The Morgan fingerprint density at radius 2 is 2.16 bits per heavy atom. The summed E-state index contributed by atoms with van der Waals surface area (Å²) in [6.07, 6.45) is 22.7. The lowest BCUT2D eigenvalue weighted by Gasteiger charge is -2.23. The normalized spacial score (nSPS) is 26.4. The molecular formula is C18H23N. The van der Waals surface area contributed by atoms with Gasteiger partial charge in [0.25, 0.3) is 0 Å². The molecule has 0 heterocycles. The molecule has 0 radical (unpaired) electrons. The monoisotopic (exact) mass is 253 g/mol. The molecule has 19 heavy (non-hydrogen) atoms. The van der Waals surface area contributed by atoms with Crippen LogP contribution in [0.4, 0.5) is 0 Å². The lowest BCUT2D eigenvalue weighted by Crippen LogP contribution is -2.36. The Hall–Kier alpha value is -1.60. The van der Waals surface area contributed by atoms with Crippen LogP contribution in [0.15, 0.2) is 72.4 Å². The minimum atomic E-state index is 0.451. The molecule has 1 nitrogen and oxygen atoms in total. The van der Waals surface area contributed by atoms with E-state index in [4.69, 9.17) is 0 Å². The van der Waals surface area contributed by atoms with Crippen LogP contribution in [0.2, 0.25) is 0 Å². The van der Waals surface area contributed by atoms with Crippen molar-refractivity contribution in [3.8, 4) is 0 Å². The molecule has 2 unspecified atom stereocenters. The molecule has 2 atom stereocenters. The fourth-order valence-electron chi connectivity index (χ4n) is 2.52. The summed E-state index contributed by atoms with van der Waals surface area (Å²) in [6.45, 7) is 5.97. The van der Waals surface area contributed by atoms with Gasteiger partial charge < -0.3 is 5.32 Å². The van der Waals surface area contributed by atoms with Crippen molar-refractivity contribution in [2.75, 3.05) is 0 Å². The Labute approximate surface area is 116 Å². The standard InChI is InChI=1S/C18H23N/c1-3-8-15(4-2)16-11-13-18(14-12-16)19-17-9-6-5-7-10-17/h3,5-9,11-13,17-19H,1,4,10,14H2,2H3/b15-8+. The van der Waals surface area contributed by atoms with E-state index in [1.54, 1.807) is 0 Å². The van der Waals surface area contributed by atoms with E-state index in [0.717, 1.165) is 19.3 Å². The van der Waals surface area contributed by atoms with Crippen molar-refractivity contribution in [1.82, 2.24) is 5.32 Å². The van der Waals surface area contributed by atoms with E-state index >= 15 is 0 Å². The zero-order chi connectivity index (χ0) is 13.5. The van der Waals surface area contributed by atoms with E-state index in [9.17, 15) is 0 Å². The number of hydrogen-bond acceptors (Lipinski definition) is 1. The molecule has 0 spiro atoms. The second-order valence-corrected chi connectivity index (χ2v) is 4.96. The third-order valence-corrected chi connectivity index (χ3v) is 3.58. The molecule has 0 amide bonds. The molecule has 0 bridgehead atoms. The summed E-state index contributed by atoms with van der Waals surface area (Å²) < 4.78 is 0. The summed E-state index contributed by atoms with van der Waals surface area (Å²) in [5.74, 6) is 0. The molecule has 0 aromatic heterocycles. The Bertz CT molecular complexity index is 460. The van der Waals surface area contributed by atoms with E-state index in [-0.39, 0.29) is 0 Å². The highest BCUT2D eigenvalue weighted by molar-refractivity contribution is 5.43. The third kappa shape index (κ3) is 3.93. The minimum absolute atomic E-state index is 0.451. The maximum absolute atomic E-state index is 3.78. The van der Waals surface area contributed by atoms with Gasteiger partial charge in [0, 0.05) is 12.1 Å². The Kier molecular flexibility index (Phi) is 5.17. The van der Waals surface area contributed by atoms with Crippen molar-refractivity contribution in [3.05, 3.63) is 72.4 Å². The minimum Gasteiger partial charge on any atom is -0.304 e. The molecule has 0 fully saturated rings. The van der Waals surface area contributed by atoms with Gasteiger partial charge in [-0.3, -0.25) is 0 Å². The fourth-order valence-corrected chi connectivity index (χ4v) is 2.52. The van der Waals surface area contributed by atoms with Crippen molar-refractivity contribution in [3.63, 3.8) is 0 Å². The van der Waals surface area contributed by atoms with E-state index in [2.05, 4.69) is 67.4 Å². The fraction of sp³-hybridized carbons (Fsp3) is 0.333. The second kappa shape index (κ2) is 7.10. The predicted molar refractivity (Wildman–Crippen MR) is 84.0 cm³/mol. The average molecular weight is 253 g/mol. The van der Waals surface area contributed by atoms with Crippen LogP contribution < -0.4 is 5.32 Å². The van der Waals surface area contributed by atoms with Crippen molar-refractivity contribution >= 4 is 0 Å². The topological polar surface area (TPSA) is 12.0 Å². The quantitative estimate of drug-likeness (QED) is 0.723. The maximum atomic E-state index is 3.78. The number of nitrogens with one attached hydrogen (secondary N) is 1. The Morgan fingerprint density at radius 3 is 2.74 bits per heavy atom. The van der Waals surface area contributed by atoms with E-state index in [0.29, 0.717) is 12.1 Å². The molecule has 0 saturated heterocycles. The second-order valence-electron chi connectivity index (χ2n) is 4.96. The molecule has 100 valence electrons. The SMILES string of the molecule is C=C/C=C(\CC)C1=CCC(NC2C=CC=CC2)C=C1. The van der Waals surface area contributed by atoms with Gasteiger partial charge in [0.2, 0.25) is 0 Å². The van der Waals surface area contributed by atoms with Gasteiger partial charge in [-0.1, -0.05) is 68.2 Å².